The van der Waals surface area contributed by atoms with Crippen LogP contribution in [0.4, 0.5) is 0 Å². The van der Waals surface area contributed by atoms with Gasteiger partial charge in [-0.15, -0.1) is 24.0 Å². The van der Waals surface area contributed by atoms with Gasteiger partial charge in [0.15, 0.2) is 5.96 Å². The normalized spacial score (nSPS) is 24.8. The van der Waals surface area contributed by atoms with Crippen molar-refractivity contribution in [1.82, 2.24) is 20.0 Å². The van der Waals surface area contributed by atoms with E-state index in [0.29, 0.717) is 6.04 Å². The summed E-state index contributed by atoms with van der Waals surface area (Å²) in [5.74, 6) is 1.93. The maximum atomic E-state index is 5.05. The van der Waals surface area contributed by atoms with Crippen LogP contribution in [0.2, 0.25) is 0 Å². The lowest BCUT2D eigenvalue weighted by Crippen LogP contribution is -2.44. The summed E-state index contributed by atoms with van der Waals surface area (Å²) in [6, 6.07) is 0.640. The Labute approximate surface area is 179 Å². The average Bonchev–Trinajstić information content (AvgIpc) is 3.11. The molecule has 26 heavy (non-hydrogen) atoms. The molecule has 6 heteroatoms. The minimum absolute atomic E-state index is 0. The molecule has 0 aromatic rings. The van der Waals surface area contributed by atoms with Crippen molar-refractivity contribution in [2.75, 3.05) is 58.9 Å². The molecular weight excluding hydrogens is 437 g/mol. The quantitative estimate of drug-likeness (QED) is 0.330. The van der Waals surface area contributed by atoms with Crippen LogP contribution in [0.3, 0.4) is 0 Å². The largest absolute Gasteiger partial charge is 0.357 e. The highest BCUT2D eigenvalue weighted by molar-refractivity contribution is 14.0. The monoisotopic (exact) mass is 479 g/mol. The van der Waals surface area contributed by atoms with Crippen LogP contribution in [-0.2, 0) is 0 Å². The first-order chi connectivity index (χ1) is 12.2. The summed E-state index contributed by atoms with van der Waals surface area (Å²) < 4.78 is 0. The Bertz CT molecular complexity index is 400. The number of piperidine rings is 1. The van der Waals surface area contributed by atoms with Crippen LogP contribution in [0, 0.1) is 5.92 Å². The van der Waals surface area contributed by atoms with Gasteiger partial charge in [0.2, 0.25) is 0 Å². The highest BCUT2D eigenvalue weighted by Crippen LogP contribution is 2.19. The molecule has 0 aromatic heterocycles. The Morgan fingerprint density at radius 3 is 2.50 bits per heavy atom. The molecule has 2 aliphatic heterocycles. The maximum Gasteiger partial charge on any atom is 0.193 e. The topological polar surface area (TPSA) is 34.1 Å². The number of hydrogen-bond acceptors (Lipinski definition) is 3. The molecule has 0 aromatic carbocycles. The fraction of sp³-hybridized carbons (Fsp3) is 0.950. The number of nitrogens with one attached hydrogen (secondary N) is 1. The second-order valence-corrected chi connectivity index (χ2v) is 7.56. The van der Waals surface area contributed by atoms with Gasteiger partial charge in [0.1, 0.15) is 0 Å². The van der Waals surface area contributed by atoms with Gasteiger partial charge in [0.25, 0.3) is 0 Å². The van der Waals surface area contributed by atoms with Crippen molar-refractivity contribution in [1.29, 1.82) is 0 Å². The van der Waals surface area contributed by atoms with E-state index in [2.05, 4.69) is 47.7 Å². The minimum Gasteiger partial charge on any atom is -0.357 e. The Morgan fingerprint density at radius 1 is 1.08 bits per heavy atom. The average molecular weight is 479 g/mol. The molecule has 2 saturated heterocycles. The van der Waals surface area contributed by atoms with Crippen LogP contribution in [-0.4, -0.2) is 85.6 Å². The summed E-state index contributed by atoms with van der Waals surface area (Å²) in [5.41, 5.74) is 0. The van der Waals surface area contributed by atoms with Gasteiger partial charge in [-0.2, -0.15) is 0 Å². The Hall–Kier alpha value is -0.0800. The summed E-state index contributed by atoms with van der Waals surface area (Å²) >= 11 is 0. The van der Waals surface area contributed by atoms with E-state index in [1.165, 1.54) is 38.8 Å². The molecule has 0 aliphatic carbocycles. The molecule has 0 bridgehead atoms. The number of guanidine groups is 1. The number of rotatable bonds is 8. The third kappa shape index (κ3) is 7.15. The molecular formula is C20H42IN5. The van der Waals surface area contributed by atoms with Crippen molar-refractivity contribution >= 4 is 29.9 Å². The zero-order valence-corrected chi connectivity index (χ0v) is 19.9. The van der Waals surface area contributed by atoms with Crippen LogP contribution in [0.25, 0.3) is 0 Å². The van der Waals surface area contributed by atoms with Crippen molar-refractivity contribution < 1.29 is 0 Å². The first kappa shape index (κ1) is 24.0. The standard InChI is InChI=1S/C20H41N5.HI/c1-5-21-20(22-15-19-11-9-10-13-24(19)8-4)25-14-12-18(17-25)16-23(6-2)7-3;/h18-19H,5-17H2,1-4H3,(H,21,22);1H. The van der Waals surface area contributed by atoms with Crippen molar-refractivity contribution in [3.8, 4) is 0 Å². The third-order valence-corrected chi connectivity index (χ3v) is 5.94. The maximum absolute atomic E-state index is 5.05. The number of aliphatic imine (C=N–C) groups is 1. The molecule has 2 fully saturated rings. The van der Waals surface area contributed by atoms with Crippen LogP contribution < -0.4 is 5.32 Å². The molecule has 0 saturated carbocycles. The summed E-state index contributed by atoms with van der Waals surface area (Å²) in [5, 5.41) is 3.54. The van der Waals surface area contributed by atoms with E-state index in [-0.39, 0.29) is 24.0 Å². The first-order valence-corrected chi connectivity index (χ1v) is 10.7. The van der Waals surface area contributed by atoms with Gasteiger partial charge in [-0.1, -0.05) is 27.2 Å². The molecule has 154 valence electrons. The van der Waals surface area contributed by atoms with Gasteiger partial charge in [0, 0.05) is 32.2 Å². The molecule has 2 unspecified atom stereocenters. The summed E-state index contributed by atoms with van der Waals surface area (Å²) in [6.07, 6.45) is 5.32. The van der Waals surface area contributed by atoms with Crippen molar-refractivity contribution in [3.63, 3.8) is 0 Å². The van der Waals surface area contributed by atoms with E-state index >= 15 is 0 Å². The second-order valence-electron chi connectivity index (χ2n) is 7.56. The Morgan fingerprint density at radius 2 is 1.85 bits per heavy atom. The second kappa shape index (κ2) is 13.2. The molecule has 2 heterocycles. The van der Waals surface area contributed by atoms with Crippen LogP contribution in [0.15, 0.2) is 4.99 Å². The Balaban J connectivity index is 0.00000338. The van der Waals surface area contributed by atoms with Crippen molar-refractivity contribution in [2.45, 2.75) is 59.4 Å². The first-order valence-electron chi connectivity index (χ1n) is 10.7. The molecule has 0 spiro atoms. The van der Waals surface area contributed by atoms with Gasteiger partial charge < -0.3 is 15.1 Å². The minimum atomic E-state index is 0. The van der Waals surface area contributed by atoms with Crippen LogP contribution in [0.5, 0.6) is 0 Å². The Kier molecular flexibility index (Phi) is 12.1. The van der Waals surface area contributed by atoms with Gasteiger partial charge in [0.05, 0.1) is 6.54 Å². The smallest absolute Gasteiger partial charge is 0.193 e. The van der Waals surface area contributed by atoms with Gasteiger partial charge in [-0.25, -0.2) is 0 Å². The zero-order chi connectivity index (χ0) is 18.1. The molecule has 2 atom stereocenters. The molecule has 1 N–H and O–H groups in total. The van der Waals surface area contributed by atoms with Crippen LogP contribution in [0.1, 0.15) is 53.4 Å². The van der Waals surface area contributed by atoms with Crippen LogP contribution >= 0.6 is 24.0 Å². The highest BCUT2D eigenvalue weighted by Gasteiger charge is 2.27. The van der Waals surface area contributed by atoms with E-state index in [4.69, 9.17) is 4.99 Å². The summed E-state index contributed by atoms with van der Waals surface area (Å²) in [7, 11) is 0. The SMILES string of the molecule is CCNC(=NCC1CCCCN1CC)N1CCC(CN(CC)CC)C1.I. The van der Waals surface area contributed by atoms with Crippen molar-refractivity contribution in [3.05, 3.63) is 0 Å². The number of likely N-dealkylation sites (tertiary alicyclic amines) is 2. The summed E-state index contributed by atoms with van der Waals surface area (Å²) in [6.45, 7) is 19.2. The lowest BCUT2D eigenvalue weighted by atomic mass is 10.0. The zero-order valence-electron chi connectivity index (χ0n) is 17.5. The lowest BCUT2D eigenvalue weighted by molar-refractivity contribution is 0.161. The fourth-order valence-corrected chi connectivity index (χ4v) is 4.32. The molecule has 2 rings (SSSR count). The van der Waals surface area contributed by atoms with E-state index in [0.717, 1.165) is 57.7 Å². The predicted octanol–water partition coefficient (Wildman–Crippen LogP) is 3.11. The van der Waals surface area contributed by atoms with E-state index in [9.17, 15) is 0 Å². The number of likely N-dealkylation sites (N-methyl/N-ethyl adjacent to an activating group) is 1. The number of halogens is 1. The van der Waals surface area contributed by atoms with Gasteiger partial charge in [-0.05, 0) is 58.3 Å². The van der Waals surface area contributed by atoms with Gasteiger partial charge in [-0.3, -0.25) is 9.89 Å². The molecule has 5 nitrogen and oxygen atoms in total. The number of nitrogens with zero attached hydrogens (tertiary/aromatic N) is 4. The molecule has 0 amide bonds. The third-order valence-electron chi connectivity index (χ3n) is 5.94. The van der Waals surface area contributed by atoms with Gasteiger partial charge >= 0.3 is 0 Å². The van der Waals surface area contributed by atoms with E-state index < -0.39 is 0 Å². The van der Waals surface area contributed by atoms with E-state index in [1.807, 2.05) is 0 Å². The van der Waals surface area contributed by atoms with E-state index in [1.54, 1.807) is 0 Å². The molecule has 2 aliphatic rings. The lowest BCUT2D eigenvalue weighted by Gasteiger charge is -2.34. The number of hydrogen-bond donors (Lipinski definition) is 1. The van der Waals surface area contributed by atoms with Crippen molar-refractivity contribution in [2.24, 2.45) is 10.9 Å². The predicted molar refractivity (Wildman–Crippen MR) is 124 cm³/mol. The molecule has 0 radical (unpaired) electrons. The highest BCUT2D eigenvalue weighted by atomic mass is 127. The summed E-state index contributed by atoms with van der Waals surface area (Å²) in [4.78, 5) is 12.7. The fourth-order valence-electron chi connectivity index (χ4n) is 4.32.